The molecule has 122 valence electrons. The van der Waals surface area contributed by atoms with Crippen LogP contribution in [0.1, 0.15) is 26.3 Å². The van der Waals surface area contributed by atoms with E-state index in [1.165, 1.54) is 6.92 Å². The van der Waals surface area contributed by atoms with Crippen molar-refractivity contribution in [3.63, 3.8) is 0 Å². The Labute approximate surface area is 125 Å². The fourth-order valence-corrected chi connectivity index (χ4v) is 2.34. The highest BCUT2D eigenvalue weighted by molar-refractivity contribution is 5.99. The Hall–Kier alpha value is -2.05. The maximum absolute atomic E-state index is 13.7. The summed E-state index contributed by atoms with van der Waals surface area (Å²) in [7, 11) is 0. The van der Waals surface area contributed by atoms with Crippen molar-refractivity contribution in [3.05, 3.63) is 29.8 Å². The largest absolute Gasteiger partial charge is 0.508 e. The normalized spacial score (nSPS) is 15.7. The quantitative estimate of drug-likeness (QED) is 0.669. The fourth-order valence-electron chi connectivity index (χ4n) is 2.34. The van der Waals surface area contributed by atoms with Gasteiger partial charge in [0.25, 0.3) is 0 Å². The Kier molecular flexibility index (Phi) is 5.22. The van der Waals surface area contributed by atoms with Gasteiger partial charge in [-0.2, -0.15) is 13.2 Å². The van der Waals surface area contributed by atoms with Gasteiger partial charge in [0.1, 0.15) is 22.9 Å². The maximum Gasteiger partial charge on any atom is 0.399 e. The number of rotatable bonds is 5. The number of alkyl halides is 3. The van der Waals surface area contributed by atoms with Crippen molar-refractivity contribution in [2.24, 2.45) is 5.92 Å². The molecule has 0 aromatic heterocycles. The molecule has 1 N–H and O–H groups in total. The van der Waals surface area contributed by atoms with E-state index in [0.29, 0.717) is 0 Å². The number of benzene rings is 1. The number of halogens is 3. The molecule has 0 bridgehead atoms. The van der Waals surface area contributed by atoms with E-state index < -0.39 is 29.3 Å². The second-order valence-corrected chi connectivity index (χ2v) is 5.04. The molecule has 4 nitrogen and oxygen atoms in total. The Morgan fingerprint density at radius 1 is 1.23 bits per heavy atom. The maximum atomic E-state index is 13.7. The van der Waals surface area contributed by atoms with Crippen LogP contribution in [0.2, 0.25) is 0 Å². The van der Waals surface area contributed by atoms with Gasteiger partial charge >= 0.3 is 12.1 Å². The standard InChI is InChI=1S/C15H17F3O4/c1-4-22-13(21)12(9(2)19)14(3,15(16,17)18)10-5-7-11(20)8-6-10/h5-8,12,20H,4H2,1-3H3. The zero-order valence-electron chi connectivity index (χ0n) is 12.4. The highest BCUT2D eigenvalue weighted by Gasteiger charge is 2.61. The topological polar surface area (TPSA) is 63.6 Å². The third kappa shape index (κ3) is 3.23. The number of phenolic OH excluding ortho intramolecular Hbond substituents is 1. The van der Waals surface area contributed by atoms with Gasteiger partial charge in [0, 0.05) is 0 Å². The summed E-state index contributed by atoms with van der Waals surface area (Å²) >= 11 is 0. The minimum absolute atomic E-state index is 0.133. The average Bonchev–Trinajstić information content (AvgIpc) is 2.37. The first-order chi connectivity index (χ1) is 10.1. The predicted molar refractivity (Wildman–Crippen MR) is 72.3 cm³/mol. The van der Waals surface area contributed by atoms with Crippen molar-refractivity contribution >= 4 is 11.8 Å². The van der Waals surface area contributed by atoms with Crippen LogP contribution in [0.4, 0.5) is 13.2 Å². The molecule has 0 saturated carbocycles. The number of carbonyl (C=O) groups is 2. The lowest BCUT2D eigenvalue weighted by atomic mass is 9.69. The number of ketones is 1. The average molecular weight is 318 g/mol. The molecule has 0 aliphatic rings. The molecule has 0 amide bonds. The number of Topliss-reactive ketones (excluding diaryl/α,β-unsaturated/α-hetero) is 1. The molecular weight excluding hydrogens is 301 g/mol. The first-order valence-corrected chi connectivity index (χ1v) is 6.59. The molecule has 2 atom stereocenters. The van der Waals surface area contributed by atoms with Gasteiger partial charge in [0.05, 0.1) is 6.61 Å². The van der Waals surface area contributed by atoms with Gasteiger partial charge in [-0.25, -0.2) is 0 Å². The van der Waals surface area contributed by atoms with Gasteiger partial charge in [-0.15, -0.1) is 0 Å². The van der Waals surface area contributed by atoms with Crippen molar-refractivity contribution in [3.8, 4) is 5.75 Å². The highest BCUT2D eigenvalue weighted by atomic mass is 19.4. The predicted octanol–water partition coefficient (Wildman–Crippen LogP) is 2.98. The number of hydrogen-bond acceptors (Lipinski definition) is 4. The van der Waals surface area contributed by atoms with Gasteiger partial charge in [0.2, 0.25) is 0 Å². The minimum Gasteiger partial charge on any atom is -0.508 e. The molecule has 7 heteroatoms. The van der Waals surface area contributed by atoms with Gasteiger partial charge < -0.3 is 9.84 Å². The van der Waals surface area contributed by atoms with Crippen LogP contribution >= 0.6 is 0 Å². The zero-order chi connectivity index (χ0) is 17.1. The SMILES string of the molecule is CCOC(=O)C(C(C)=O)C(C)(c1ccc(O)cc1)C(F)(F)F. The monoisotopic (exact) mass is 318 g/mol. The van der Waals surface area contributed by atoms with Crippen LogP contribution in [0.25, 0.3) is 0 Å². The Morgan fingerprint density at radius 3 is 2.09 bits per heavy atom. The molecule has 0 aliphatic heterocycles. The van der Waals surface area contributed by atoms with Crippen LogP contribution in [0.5, 0.6) is 5.75 Å². The number of phenols is 1. The van der Waals surface area contributed by atoms with Crippen molar-refractivity contribution in [1.82, 2.24) is 0 Å². The van der Waals surface area contributed by atoms with E-state index >= 15 is 0 Å². The van der Waals surface area contributed by atoms with Gasteiger partial charge in [-0.1, -0.05) is 12.1 Å². The summed E-state index contributed by atoms with van der Waals surface area (Å²) in [4.78, 5) is 23.7. The van der Waals surface area contributed by atoms with Crippen LogP contribution in [-0.2, 0) is 19.7 Å². The van der Waals surface area contributed by atoms with Crippen LogP contribution in [-0.4, -0.2) is 29.6 Å². The lowest BCUT2D eigenvalue weighted by Crippen LogP contribution is -2.52. The number of carbonyl (C=O) groups excluding carboxylic acids is 2. The first-order valence-electron chi connectivity index (χ1n) is 6.59. The molecular formula is C15H17F3O4. The van der Waals surface area contributed by atoms with Crippen molar-refractivity contribution < 1.29 is 32.6 Å². The third-order valence-electron chi connectivity index (χ3n) is 3.56. The molecule has 1 rings (SSSR count). The molecule has 0 aliphatic carbocycles. The number of aromatic hydroxyl groups is 1. The molecule has 1 aromatic rings. The highest BCUT2D eigenvalue weighted by Crippen LogP contribution is 2.47. The lowest BCUT2D eigenvalue weighted by molar-refractivity contribution is -0.208. The molecule has 1 aromatic carbocycles. The molecule has 0 saturated heterocycles. The van der Waals surface area contributed by atoms with Gasteiger partial charge in [-0.3, -0.25) is 9.59 Å². The van der Waals surface area contributed by atoms with E-state index in [9.17, 15) is 27.9 Å². The van der Waals surface area contributed by atoms with Crippen molar-refractivity contribution in [1.29, 1.82) is 0 Å². The second kappa shape index (κ2) is 6.37. The first kappa shape index (κ1) is 18.0. The van der Waals surface area contributed by atoms with Gasteiger partial charge in [-0.05, 0) is 38.5 Å². The molecule has 0 fully saturated rings. The molecule has 0 spiro atoms. The third-order valence-corrected chi connectivity index (χ3v) is 3.56. The van der Waals surface area contributed by atoms with Crippen LogP contribution in [0.3, 0.4) is 0 Å². The second-order valence-electron chi connectivity index (χ2n) is 5.04. The Bertz CT molecular complexity index is 551. The molecule has 0 radical (unpaired) electrons. The molecule has 0 heterocycles. The van der Waals surface area contributed by atoms with Crippen LogP contribution < -0.4 is 0 Å². The minimum atomic E-state index is -4.87. The van der Waals surface area contributed by atoms with Crippen molar-refractivity contribution in [2.45, 2.75) is 32.4 Å². The van der Waals surface area contributed by atoms with Crippen molar-refractivity contribution in [2.75, 3.05) is 6.61 Å². The number of esters is 1. The van der Waals surface area contributed by atoms with E-state index in [1.54, 1.807) is 0 Å². The lowest BCUT2D eigenvalue weighted by Gasteiger charge is -2.37. The molecule has 22 heavy (non-hydrogen) atoms. The van der Waals surface area contributed by atoms with E-state index in [0.717, 1.165) is 38.1 Å². The fraction of sp³-hybridized carbons (Fsp3) is 0.467. The van der Waals surface area contributed by atoms with Crippen LogP contribution in [0, 0.1) is 5.92 Å². The Morgan fingerprint density at radius 2 is 1.73 bits per heavy atom. The zero-order valence-corrected chi connectivity index (χ0v) is 12.4. The summed E-state index contributed by atoms with van der Waals surface area (Å²) < 4.78 is 45.7. The van der Waals surface area contributed by atoms with E-state index in [1.807, 2.05) is 0 Å². The summed E-state index contributed by atoms with van der Waals surface area (Å²) in [5.41, 5.74) is -3.05. The number of hydrogen-bond donors (Lipinski definition) is 1. The summed E-state index contributed by atoms with van der Waals surface area (Å²) in [5.74, 6) is -4.39. The van der Waals surface area contributed by atoms with E-state index in [-0.39, 0.29) is 17.9 Å². The van der Waals surface area contributed by atoms with E-state index in [4.69, 9.17) is 0 Å². The summed E-state index contributed by atoms with van der Waals surface area (Å²) in [6.45, 7) is 3.01. The summed E-state index contributed by atoms with van der Waals surface area (Å²) in [6.07, 6.45) is -4.87. The van der Waals surface area contributed by atoms with E-state index in [2.05, 4.69) is 4.74 Å². The number of ether oxygens (including phenoxy) is 1. The Balaban J connectivity index is 3.52. The summed E-state index contributed by atoms with van der Waals surface area (Å²) in [5, 5.41) is 9.23. The molecule has 2 unspecified atom stereocenters. The summed E-state index contributed by atoms with van der Waals surface area (Å²) in [6, 6.07) is 4.22. The van der Waals surface area contributed by atoms with Crippen LogP contribution in [0.15, 0.2) is 24.3 Å². The van der Waals surface area contributed by atoms with Gasteiger partial charge in [0.15, 0.2) is 0 Å². The smallest absolute Gasteiger partial charge is 0.399 e.